The second kappa shape index (κ2) is 6.63. The van der Waals surface area contributed by atoms with Gasteiger partial charge in [-0.25, -0.2) is 4.98 Å². The van der Waals surface area contributed by atoms with E-state index in [1.54, 1.807) is 4.90 Å². The topological polar surface area (TPSA) is 76.0 Å². The third kappa shape index (κ3) is 2.97. The monoisotopic (exact) mass is 343 g/mol. The average molecular weight is 343 g/mol. The number of hydrogen-bond donors (Lipinski definition) is 1. The molecule has 1 aliphatic heterocycles. The number of carbonyl (C=O) groups excluding carboxylic acids is 1. The Kier molecular flexibility index (Phi) is 4.33. The fourth-order valence-corrected chi connectivity index (χ4v) is 4.01. The molecule has 0 aromatic carbocycles. The van der Waals surface area contributed by atoms with Gasteiger partial charge in [-0.05, 0) is 31.2 Å². The maximum atomic E-state index is 13.0. The minimum Gasteiger partial charge on any atom is -0.376 e. The number of nitrogens with one attached hydrogen (secondary N) is 1. The molecule has 25 heavy (non-hydrogen) atoms. The van der Waals surface area contributed by atoms with Crippen molar-refractivity contribution in [2.75, 3.05) is 20.2 Å². The number of nitrogens with zero attached hydrogens (tertiary/aromatic N) is 4. The van der Waals surface area contributed by atoms with Crippen molar-refractivity contribution in [3.63, 3.8) is 0 Å². The summed E-state index contributed by atoms with van der Waals surface area (Å²) in [5, 5.41) is 6.88. The summed E-state index contributed by atoms with van der Waals surface area (Å²) in [5.41, 5.74) is 2.02. The smallest absolute Gasteiger partial charge is 0.255 e. The SMILES string of the molecule is CN(C[C@H]1OCC[C@H]1c1ncn[nH]1)C(=O)c1ccn(C)c1C1CCC1. The van der Waals surface area contributed by atoms with Gasteiger partial charge in [0.2, 0.25) is 0 Å². The molecule has 4 rings (SSSR count). The molecule has 7 heteroatoms. The van der Waals surface area contributed by atoms with E-state index in [9.17, 15) is 4.79 Å². The Labute approximate surface area is 147 Å². The molecule has 7 nitrogen and oxygen atoms in total. The van der Waals surface area contributed by atoms with E-state index < -0.39 is 0 Å². The van der Waals surface area contributed by atoms with Gasteiger partial charge in [-0.15, -0.1) is 0 Å². The average Bonchev–Trinajstić information content (AvgIpc) is 3.27. The van der Waals surface area contributed by atoms with Crippen molar-refractivity contribution >= 4 is 5.91 Å². The first-order valence-corrected chi connectivity index (χ1v) is 9.02. The molecular formula is C18H25N5O2. The Hall–Kier alpha value is -2.15. The Morgan fingerprint density at radius 2 is 2.28 bits per heavy atom. The van der Waals surface area contributed by atoms with Gasteiger partial charge in [0.1, 0.15) is 12.2 Å². The van der Waals surface area contributed by atoms with Crippen LogP contribution in [0.4, 0.5) is 0 Å². The number of aromatic nitrogens is 4. The van der Waals surface area contributed by atoms with Crippen molar-refractivity contribution in [3.8, 4) is 0 Å². The fraction of sp³-hybridized carbons (Fsp3) is 0.611. The lowest BCUT2D eigenvalue weighted by molar-refractivity contribution is 0.0548. The molecule has 1 saturated heterocycles. The molecule has 134 valence electrons. The fourth-order valence-electron chi connectivity index (χ4n) is 4.01. The molecule has 0 radical (unpaired) electrons. The van der Waals surface area contributed by atoms with Crippen LogP contribution in [-0.2, 0) is 11.8 Å². The Morgan fingerprint density at radius 3 is 2.96 bits per heavy atom. The van der Waals surface area contributed by atoms with Crippen molar-refractivity contribution in [1.29, 1.82) is 0 Å². The second-order valence-electron chi connectivity index (χ2n) is 7.21. The summed E-state index contributed by atoms with van der Waals surface area (Å²) >= 11 is 0. The first-order chi connectivity index (χ1) is 12.1. The van der Waals surface area contributed by atoms with E-state index in [-0.39, 0.29) is 17.9 Å². The number of hydrogen-bond acceptors (Lipinski definition) is 4. The maximum Gasteiger partial charge on any atom is 0.255 e. The van der Waals surface area contributed by atoms with Crippen molar-refractivity contribution < 1.29 is 9.53 Å². The lowest BCUT2D eigenvalue weighted by atomic mass is 9.81. The molecule has 2 fully saturated rings. The number of aryl methyl sites for hydroxylation is 1. The summed E-state index contributed by atoms with van der Waals surface area (Å²) in [4.78, 5) is 19.1. The predicted octanol–water partition coefficient (Wildman–Crippen LogP) is 2.06. The highest BCUT2D eigenvalue weighted by atomic mass is 16.5. The van der Waals surface area contributed by atoms with Gasteiger partial charge in [-0.1, -0.05) is 6.42 Å². The molecule has 0 bridgehead atoms. The van der Waals surface area contributed by atoms with Crippen LogP contribution in [0.1, 0.15) is 59.4 Å². The van der Waals surface area contributed by atoms with Crippen LogP contribution >= 0.6 is 0 Å². The molecule has 0 unspecified atom stereocenters. The number of carbonyl (C=O) groups is 1. The van der Waals surface area contributed by atoms with Crippen LogP contribution in [-0.4, -0.2) is 56.9 Å². The van der Waals surface area contributed by atoms with Crippen LogP contribution in [0.15, 0.2) is 18.6 Å². The zero-order valence-electron chi connectivity index (χ0n) is 14.8. The highest BCUT2D eigenvalue weighted by Crippen LogP contribution is 2.38. The highest BCUT2D eigenvalue weighted by Gasteiger charge is 2.34. The number of amides is 1. The zero-order valence-corrected chi connectivity index (χ0v) is 14.8. The molecule has 2 aromatic rings. The largest absolute Gasteiger partial charge is 0.376 e. The second-order valence-corrected chi connectivity index (χ2v) is 7.21. The van der Waals surface area contributed by atoms with Crippen LogP contribution in [0.2, 0.25) is 0 Å². The van der Waals surface area contributed by atoms with E-state index in [0.717, 1.165) is 17.8 Å². The van der Waals surface area contributed by atoms with Crippen molar-refractivity contribution in [3.05, 3.63) is 35.7 Å². The first kappa shape index (κ1) is 16.3. The lowest BCUT2D eigenvalue weighted by Crippen LogP contribution is -2.37. The summed E-state index contributed by atoms with van der Waals surface area (Å²) in [6, 6.07) is 1.95. The van der Waals surface area contributed by atoms with Crippen LogP contribution in [0.5, 0.6) is 0 Å². The van der Waals surface area contributed by atoms with Gasteiger partial charge >= 0.3 is 0 Å². The molecule has 1 amide bonds. The Morgan fingerprint density at radius 1 is 1.44 bits per heavy atom. The quantitative estimate of drug-likeness (QED) is 0.901. The minimum absolute atomic E-state index is 0.0437. The number of aromatic amines is 1. The Bertz CT molecular complexity index is 735. The van der Waals surface area contributed by atoms with Crippen molar-refractivity contribution in [2.45, 2.75) is 43.6 Å². The zero-order chi connectivity index (χ0) is 17.4. The molecule has 1 N–H and O–H groups in total. The van der Waals surface area contributed by atoms with Crippen LogP contribution < -0.4 is 0 Å². The van der Waals surface area contributed by atoms with Gasteiger partial charge in [0, 0.05) is 45.1 Å². The van der Waals surface area contributed by atoms with E-state index in [1.165, 1.54) is 31.3 Å². The molecule has 2 aromatic heterocycles. The van der Waals surface area contributed by atoms with Gasteiger partial charge in [0.25, 0.3) is 5.91 Å². The maximum absolute atomic E-state index is 13.0. The summed E-state index contributed by atoms with van der Waals surface area (Å²) < 4.78 is 7.98. The lowest BCUT2D eigenvalue weighted by Gasteiger charge is -2.29. The van der Waals surface area contributed by atoms with E-state index in [1.807, 2.05) is 26.4 Å². The highest BCUT2D eigenvalue weighted by molar-refractivity contribution is 5.95. The third-order valence-corrected chi connectivity index (χ3v) is 5.64. The summed E-state index contributed by atoms with van der Waals surface area (Å²) in [7, 11) is 3.89. The van der Waals surface area contributed by atoms with Crippen LogP contribution in [0, 0.1) is 0 Å². The van der Waals surface area contributed by atoms with Crippen LogP contribution in [0.25, 0.3) is 0 Å². The Balaban J connectivity index is 1.48. The summed E-state index contributed by atoms with van der Waals surface area (Å²) in [5.74, 6) is 1.61. The number of ether oxygens (including phenoxy) is 1. The van der Waals surface area contributed by atoms with E-state index in [2.05, 4.69) is 19.7 Å². The van der Waals surface area contributed by atoms with Gasteiger partial charge in [-0.2, -0.15) is 5.10 Å². The molecule has 1 aliphatic carbocycles. The van der Waals surface area contributed by atoms with Crippen LogP contribution in [0.3, 0.4) is 0 Å². The third-order valence-electron chi connectivity index (χ3n) is 5.64. The van der Waals surface area contributed by atoms with Gasteiger partial charge in [0.05, 0.1) is 11.7 Å². The number of rotatable bonds is 5. The van der Waals surface area contributed by atoms with E-state index in [4.69, 9.17) is 4.74 Å². The molecule has 0 spiro atoms. The molecule has 2 aliphatic rings. The van der Waals surface area contributed by atoms with E-state index >= 15 is 0 Å². The van der Waals surface area contributed by atoms with Crippen molar-refractivity contribution in [1.82, 2.24) is 24.6 Å². The molecule has 3 heterocycles. The van der Waals surface area contributed by atoms with Gasteiger partial charge < -0.3 is 14.2 Å². The summed E-state index contributed by atoms with van der Waals surface area (Å²) in [6.45, 7) is 1.25. The van der Waals surface area contributed by atoms with E-state index in [0.29, 0.717) is 19.1 Å². The number of H-pyrrole nitrogens is 1. The standard InChI is InChI=1S/C18H25N5O2/c1-22-8-6-14(16(22)12-4-3-5-12)18(24)23(2)10-15-13(7-9-25-15)17-19-11-20-21-17/h6,8,11-13,15H,3-5,7,9-10H2,1-2H3,(H,19,20,21)/t13-,15-/m1/s1. The van der Waals surface area contributed by atoms with Gasteiger partial charge in [0.15, 0.2) is 0 Å². The van der Waals surface area contributed by atoms with Gasteiger partial charge in [-0.3, -0.25) is 9.89 Å². The minimum atomic E-state index is -0.0437. The normalized spacial score (nSPS) is 23.6. The molecular weight excluding hydrogens is 318 g/mol. The molecule has 2 atom stereocenters. The summed E-state index contributed by atoms with van der Waals surface area (Å²) in [6.07, 6.45) is 8.00. The predicted molar refractivity (Wildman–Crippen MR) is 92.4 cm³/mol. The first-order valence-electron chi connectivity index (χ1n) is 9.02. The molecule has 1 saturated carbocycles. The van der Waals surface area contributed by atoms with Crippen molar-refractivity contribution in [2.24, 2.45) is 7.05 Å². The number of likely N-dealkylation sites (N-methyl/N-ethyl adjacent to an activating group) is 1.